The van der Waals surface area contributed by atoms with Gasteiger partial charge in [-0.25, -0.2) is 9.78 Å². The summed E-state index contributed by atoms with van der Waals surface area (Å²) in [4.78, 5) is 29.6. The largest absolute Gasteiger partial charge is 0.497 e. The quantitative estimate of drug-likeness (QED) is 0.386. The molecule has 0 unspecified atom stereocenters. The zero-order chi connectivity index (χ0) is 24.1. The SMILES string of the molecule is COC(=O)c1ccccc1NC(=O)c1ccccc1-c1ncc(-c2ccc(OC)cc2OC)o1. The van der Waals surface area contributed by atoms with Crippen molar-refractivity contribution in [2.24, 2.45) is 0 Å². The number of hydrogen-bond acceptors (Lipinski definition) is 7. The maximum atomic E-state index is 13.2. The highest BCUT2D eigenvalue weighted by Crippen LogP contribution is 2.36. The van der Waals surface area contributed by atoms with Gasteiger partial charge in [0.25, 0.3) is 5.91 Å². The van der Waals surface area contributed by atoms with E-state index in [-0.39, 0.29) is 11.5 Å². The van der Waals surface area contributed by atoms with Crippen LogP contribution >= 0.6 is 0 Å². The number of nitrogens with zero attached hydrogens (tertiary/aromatic N) is 1. The summed E-state index contributed by atoms with van der Waals surface area (Å²) in [6, 6.07) is 18.9. The lowest BCUT2D eigenvalue weighted by molar-refractivity contribution is 0.0602. The average Bonchev–Trinajstić information content (AvgIpc) is 3.38. The maximum absolute atomic E-state index is 13.2. The van der Waals surface area contributed by atoms with Crippen molar-refractivity contribution in [2.75, 3.05) is 26.6 Å². The van der Waals surface area contributed by atoms with Crippen LogP contribution in [0.1, 0.15) is 20.7 Å². The summed E-state index contributed by atoms with van der Waals surface area (Å²) in [7, 11) is 4.42. The summed E-state index contributed by atoms with van der Waals surface area (Å²) >= 11 is 0. The van der Waals surface area contributed by atoms with Gasteiger partial charge in [0, 0.05) is 11.6 Å². The molecule has 0 aliphatic rings. The molecule has 0 aliphatic heterocycles. The van der Waals surface area contributed by atoms with Gasteiger partial charge in [-0.3, -0.25) is 4.79 Å². The van der Waals surface area contributed by atoms with E-state index >= 15 is 0 Å². The Morgan fingerprint density at radius 3 is 2.32 bits per heavy atom. The zero-order valence-electron chi connectivity index (χ0n) is 18.8. The third-order valence-corrected chi connectivity index (χ3v) is 5.16. The number of carbonyl (C=O) groups excluding carboxylic acids is 2. The molecular formula is C26H22N2O6. The first-order valence-corrected chi connectivity index (χ1v) is 10.3. The molecule has 1 aromatic heterocycles. The summed E-state index contributed by atoms with van der Waals surface area (Å²) in [5.41, 5.74) is 2.11. The second kappa shape index (κ2) is 9.91. The first-order chi connectivity index (χ1) is 16.5. The van der Waals surface area contributed by atoms with Gasteiger partial charge in [0.1, 0.15) is 11.5 Å². The molecule has 4 rings (SSSR count). The van der Waals surface area contributed by atoms with Crippen molar-refractivity contribution in [1.82, 2.24) is 4.98 Å². The Morgan fingerprint density at radius 2 is 1.59 bits per heavy atom. The van der Waals surface area contributed by atoms with Crippen LogP contribution in [0, 0.1) is 0 Å². The van der Waals surface area contributed by atoms with Crippen molar-refractivity contribution >= 4 is 17.6 Å². The molecule has 4 aromatic rings. The molecule has 8 nitrogen and oxygen atoms in total. The highest BCUT2D eigenvalue weighted by atomic mass is 16.5. The van der Waals surface area contributed by atoms with Crippen LogP contribution in [0.15, 0.2) is 77.3 Å². The lowest BCUT2D eigenvalue weighted by Crippen LogP contribution is -2.16. The van der Waals surface area contributed by atoms with Crippen LogP contribution in [0.2, 0.25) is 0 Å². The third-order valence-electron chi connectivity index (χ3n) is 5.16. The average molecular weight is 458 g/mol. The normalized spacial score (nSPS) is 10.4. The number of nitrogens with one attached hydrogen (secondary N) is 1. The number of amides is 1. The number of rotatable bonds is 7. The topological polar surface area (TPSA) is 99.9 Å². The smallest absolute Gasteiger partial charge is 0.339 e. The zero-order valence-corrected chi connectivity index (χ0v) is 18.8. The van der Waals surface area contributed by atoms with Gasteiger partial charge in [-0.2, -0.15) is 0 Å². The van der Waals surface area contributed by atoms with Crippen LogP contribution in [-0.2, 0) is 4.74 Å². The molecule has 34 heavy (non-hydrogen) atoms. The summed E-state index contributed by atoms with van der Waals surface area (Å²) in [5, 5.41) is 2.78. The first kappa shape index (κ1) is 22.6. The Bertz CT molecular complexity index is 1340. The van der Waals surface area contributed by atoms with E-state index in [1.165, 1.54) is 7.11 Å². The van der Waals surface area contributed by atoms with Crippen molar-refractivity contribution in [3.8, 4) is 34.3 Å². The second-order valence-electron chi connectivity index (χ2n) is 7.13. The number of para-hydroxylation sites is 1. The molecule has 0 bridgehead atoms. The van der Waals surface area contributed by atoms with E-state index in [1.54, 1.807) is 81.1 Å². The predicted molar refractivity (Wildman–Crippen MR) is 126 cm³/mol. The van der Waals surface area contributed by atoms with E-state index < -0.39 is 11.9 Å². The number of esters is 1. The summed E-state index contributed by atoms with van der Waals surface area (Å²) in [6.45, 7) is 0. The fourth-order valence-corrected chi connectivity index (χ4v) is 3.46. The van der Waals surface area contributed by atoms with Gasteiger partial charge in [-0.1, -0.05) is 24.3 Å². The van der Waals surface area contributed by atoms with Gasteiger partial charge in [0.15, 0.2) is 5.76 Å². The van der Waals surface area contributed by atoms with Crippen LogP contribution < -0.4 is 14.8 Å². The van der Waals surface area contributed by atoms with Crippen molar-refractivity contribution in [2.45, 2.75) is 0 Å². The van der Waals surface area contributed by atoms with E-state index in [0.29, 0.717) is 39.6 Å². The number of hydrogen-bond donors (Lipinski definition) is 1. The summed E-state index contributed by atoms with van der Waals surface area (Å²) < 4.78 is 21.5. The van der Waals surface area contributed by atoms with Crippen LogP contribution in [0.5, 0.6) is 11.5 Å². The molecule has 1 heterocycles. The number of aromatic nitrogens is 1. The Kier molecular flexibility index (Phi) is 6.59. The summed E-state index contributed by atoms with van der Waals surface area (Å²) in [6.07, 6.45) is 1.57. The van der Waals surface area contributed by atoms with Gasteiger partial charge >= 0.3 is 5.97 Å². The van der Waals surface area contributed by atoms with Crippen LogP contribution in [-0.4, -0.2) is 38.2 Å². The lowest BCUT2D eigenvalue weighted by Gasteiger charge is -2.11. The third kappa shape index (κ3) is 4.47. The Morgan fingerprint density at radius 1 is 0.853 bits per heavy atom. The molecule has 1 N–H and O–H groups in total. The molecule has 0 atom stereocenters. The van der Waals surface area contributed by atoms with Crippen molar-refractivity contribution in [1.29, 1.82) is 0 Å². The van der Waals surface area contributed by atoms with E-state index in [0.717, 1.165) is 0 Å². The molecule has 1 amide bonds. The molecule has 8 heteroatoms. The summed E-state index contributed by atoms with van der Waals surface area (Å²) in [5.74, 6) is 0.978. The number of benzene rings is 3. The molecule has 0 spiro atoms. The molecule has 172 valence electrons. The number of ether oxygens (including phenoxy) is 3. The van der Waals surface area contributed by atoms with Crippen LogP contribution in [0.25, 0.3) is 22.8 Å². The number of anilines is 1. The number of carbonyl (C=O) groups is 2. The Balaban J connectivity index is 1.67. The minimum atomic E-state index is -0.546. The minimum absolute atomic E-state index is 0.251. The lowest BCUT2D eigenvalue weighted by atomic mass is 10.1. The van der Waals surface area contributed by atoms with E-state index in [2.05, 4.69) is 10.3 Å². The Labute approximate surface area is 196 Å². The van der Waals surface area contributed by atoms with Gasteiger partial charge < -0.3 is 23.9 Å². The molecule has 0 radical (unpaired) electrons. The van der Waals surface area contributed by atoms with Gasteiger partial charge in [0.2, 0.25) is 5.89 Å². The Hall–Kier alpha value is -4.59. The van der Waals surface area contributed by atoms with Gasteiger partial charge in [-0.15, -0.1) is 0 Å². The van der Waals surface area contributed by atoms with Crippen molar-refractivity contribution in [3.63, 3.8) is 0 Å². The highest BCUT2D eigenvalue weighted by molar-refractivity contribution is 6.10. The minimum Gasteiger partial charge on any atom is -0.497 e. The molecule has 0 saturated heterocycles. The van der Waals surface area contributed by atoms with Gasteiger partial charge in [-0.05, 0) is 36.4 Å². The fourth-order valence-electron chi connectivity index (χ4n) is 3.46. The number of oxazole rings is 1. The molecule has 0 saturated carbocycles. The van der Waals surface area contributed by atoms with Crippen LogP contribution in [0.4, 0.5) is 5.69 Å². The standard InChI is InChI=1S/C26H22N2O6/c1-31-16-12-13-20(22(14-16)32-2)23-15-27-25(34-23)18-9-5-4-8-17(18)24(29)28-21-11-7-6-10-19(21)26(30)33-3/h4-15H,1-3H3,(H,28,29). The maximum Gasteiger partial charge on any atom is 0.339 e. The molecule has 0 aliphatic carbocycles. The van der Waals surface area contributed by atoms with Crippen molar-refractivity contribution in [3.05, 3.63) is 84.1 Å². The fraction of sp³-hybridized carbons (Fsp3) is 0.115. The van der Waals surface area contributed by atoms with E-state index in [9.17, 15) is 9.59 Å². The van der Waals surface area contributed by atoms with Crippen molar-refractivity contribution < 1.29 is 28.2 Å². The van der Waals surface area contributed by atoms with E-state index in [1.807, 2.05) is 6.07 Å². The second-order valence-corrected chi connectivity index (χ2v) is 7.13. The highest BCUT2D eigenvalue weighted by Gasteiger charge is 2.20. The molecular weight excluding hydrogens is 436 g/mol. The van der Waals surface area contributed by atoms with E-state index in [4.69, 9.17) is 18.6 Å². The number of methoxy groups -OCH3 is 3. The predicted octanol–water partition coefficient (Wildman–Crippen LogP) is 5.06. The monoisotopic (exact) mass is 458 g/mol. The van der Waals surface area contributed by atoms with Crippen LogP contribution in [0.3, 0.4) is 0 Å². The van der Waals surface area contributed by atoms with Gasteiger partial charge in [0.05, 0.1) is 49.9 Å². The molecule has 3 aromatic carbocycles. The molecule has 0 fully saturated rings. The first-order valence-electron chi connectivity index (χ1n) is 10.3.